The maximum atomic E-state index is 12.0. The first-order valence-corrected chi connectivity index (χ1v) is 7.06. The lowest BCUT2D eigenvalue weighted by Gasteiger charge is -2.11. The minimum atomic E-state index is -0.812. The van der Waals surface area contributed by atoms with Gasteiger partial charge in [0, 0.05) is 11.8 Å². The van der Waals surface area contributed by atoms with E-state index >= 15 is 0 Å². The first kappa shape index (κ1) is 17.1. The Balaban J connectivity index is 2.08. The summed E-state index contributed by atoms with van der Waals surface area (Å²) in [6, 6.07) is 11.6. The topological polar surface area (TPSA) is 85.9 Å². The van der Waals surface area contributed by atoms with E-state index in [0.29, 0.717) is 28.6 Å². The molecule has 7 nitrogen and oxygen atoms in total. The van der Waals surface area contributed by atoms with Crippen LogP contribution in [0.2, 0.25) is 0 Å². The maximum absolute atomic E-state index is 12.0. The summed E-state index contributed by atoms with van der Waals surface area (Å²) in [5.41, 5.74) is 0.820. The van der Waals surface area contributed by atoms with Crippen LogP contribution in [0.15, 0.2) is 42.5 Å². The van der Waals surface area contributed by atoms with Gasteiger partial charge in [-0.2, -0.15) is 0 Å². The molecule has 0 radical (unpaired) electrons. The third-order valence-corrected chi connectivity index (χ3v) is 3.20. The molecule has 0 aliphatic carbocycles. The van der Waals surface area contributed by atoms with Crippen LogP contribution < -0.4 is 24.8 Å². The zero-order valence-electron chi connectivity index (χ0n) is 13.6. The Bertz CT molecular complexity index is 746. The van der Waals surface area contributed by atoms with Crippen LogP contribution in [-0.2, 0) is 9.59 Å². The van der Waals surface area contributed by atoms with Gasteiger partial charge in [0.2, 0.25) is 0 Å². The van der Waals surface area contributed by atoms with Gasteiger partial charge in [-0.15, -0.1) is 0 Å². The Hall–Kier alpha value is -3.22. The van der Waals surface area contributed by atoms with Crippen molar-refractivity contribution >= 4 is 23.2 Å². The molecule has 0 spiro atoms. The van der Waals surface area contributed by atoms with Crippen molar-refractivity contribution < 1.29 is 23.8 Å². The summed E-state index contributed by atoms with van der Waals surface area (Å²) < 4.78 is 15.4. The van der Waals surface area contributed by atoms with Crippen LogP contribution in [0.4, 0.5) is 11.4 Å². The summed E-state index contributed by atoms with van der Waals surface area (Å²) in [6.45, 7) is 0. The molecule has 0 saturated heterocycles. The number of amides is 2. The second-order valence-electron chi connectivity index (χ2n) is 4.68. The molecule has 0 bridgehead atoms. The molecule has 0 aromatic heterocycles. The summed E-state index contributed by atoms with van der Waals surface area (Å²) in [5, 5.41) is 5.00. The van der Waals surface area contributed by atoms with Gasteiger partial charge >= 0.3 is 11.8 Å². The molecule has 2 amide bonds. The lowest BCUT2D eigenvalue weighted by molar-refractivity contribution is -0.133. The van der Waals surface area contributed by atoms with Crippen molar-refractivity contribution in [3.8, 4) is 17.2 Å². The number of anilines is 2. The third kappa shape index (κ3) is 3.95. The first-order valence-electron chi connectivity index (χ1n) is 7.06. The van der Waals surface area contributed by atoms with Crippen molar-refractivity contribution in [1.82, 2.24) is 0 Å². The quantitative estimate of drug-likeness (QED) is 0.822. The molecular formula is C17H18N2O5. The molecule has 0 fully saturated rings. The Morgan fingerprint density at radius 3 is 2.04 bits per heavy atom. The van der Waals surface area contributed by atoms with Crippen LogP contribution in [-0.4, -0.2) is 33.1 Å². The van der Waals surface area contributed by atoms with E-state index in [1.807, 2.05) is 0 Å². The second-order valence-corrected chi connectivity index (χ2v) is 4.68. The monoisotopic (exact) mass is 330 g/mol. The summed E-state index contributed by atoms with van der Waals surface area (Å²) in [4.78, 5) is 24.1. The van der Waals surface area contributed by atoms with E-state index in [-0.39, 0.29) is 0 Å². The number of rotatable bonds is 5. The van der Waals surface area contributed by atoms with E-state index in [1.54, 1.807) is 42.5 Å². The smallest absolute Gasteiger partial charge is 0.314 e. The number of hydrogen-bond acceptors (Lipinski definition) is 5. The van der Waals surface area contributed by atoms with Crippen LogP contribution in [0, 0.1) is 0 Å². The molecule has 126 valence electrons. The molecule has 24 heavy (non-hydrogen) atoms. The van der Waals surface area contributed by atoms with Crippen LogP contribution in [0.3, 0.4) is 0 Å². The highest BCUT2D eigenvalue weighted by molar-refractivity contribution is 6.43. The largest absolute Gasteiger partial charge is 0.495 e. The highest BCUT2D eigenvalue weighted by atomic mass is 16.5. The number of benzene rings is 2. The lowest BCUT2D eigenvalue weighted by atomic mass is 10.2. The number of nitrogens with one attached hydrogen (secondary N) is 2. The van der Waals surface area contributed by atoms with Crippen molar-refractivity contribution in [1.29, 1.82) is 0 Å². The summed E-state index contributed by atoms with van der Waals surface area (Å²) >= 11 is 0. The fraction of sp³-hybridized carbons (Fsp3) is 0.176. The van der Waals surface area contributed by atoms with E-state index in [0.717, 1.165) is 0 Å². The number of ether oxygens (including phenoxy) is 3. The Morgan fingerprint density at radius 1 is 0.750 bits per heavy atom. The molecule has 7 heteroatoms. The van der Waals surface area contributed by atoms with Gasteiger partial charge in [0.25, 0.3) is 0 Å². The van der Waals surface area contributed by atoms with Crippen LogP contribution in [0.1, 0.15) is 0 Å². The standard InChI is InChI=1S/C17H18N2O5/c1-22-13-7-5-4-6-12(13)19-17(21)16(20)18-11-8-9-14(23-2)15(10-11)24-3/h4-10H,1-3H3,(H,18,20)(H,19,21). The molecule has 0 aliphatic heterocycles. The number of carbonyl (C=O) groups excluding carboxylic acids is 2. The normalized spacial score (nSPS) is 9.79. The first-order chi connectivity index (χ1) is 11.6. The zero-order chi connectivity index (χ0) is 17.5. The number of para-hydroxylation sites is 2. The van der Waals surface area contributed by atoms with E-state index in [1.165, 1.54) is 21.3 Å². The minimum absolute atomic E-state index is 0.410. The van der Waals surface area contributed by atoms with Gasteiger partial charge in [0.05, 0.1) is 27.0 Å². The fourth-order valence-electron chi connectivity index (χ4n) is 2.03. The van der Waals surface area contributed by atoms with E-state index in [9.17, 15) is 9.59 Å². The van der Waals surface area contributed by atoms with Gasteiger partial charge in [0.1, 0.15) is 5.75 Å². The molecule has 0 unspecified atom stereocenters. The predicted molar refractivity (Wildman–Crippen MR) is 89.8 cm³/mol. The summed E-state index contributed by atoms with van der Waals surface area (Å²) in [6.07, 6.45) is 0. The van der Waals surface area contributed by atoms with Crippen molar-refractivity contribution in [3.63, 3.8) is 0 Å². The van der Waals surface area contributed by atoms with Crippen molar-refractivity contribution in [2.24, 2.45) is 0 Å². The Kier molecular flexibility index (Phi) is 5.62. The average Bonchev–Trinajstić information content (AvgIpc) is 2.61. The van der Waals surface area contributed by atoms with E-state index < -0.39 is 11.8 Å². The SMILES string of the molecule is COc1ccccc1NC(=O)C(=O)Nc1ccc(OC)c(OC)c1. The fourth-order valence-corrected chi connectivity index (χ4v) is 2.03. The molecule has 2 N–H and O–H groups in total. The van der Waals surface area contributed by atoms with E-state index in [4.69, 9.17) is 14.2 Å². The van der Waals surface area contributed by atoms with Gasteiger partial charge in [-0.25, -0.2) is 0 Å². The average molecular weight is 330 g/mol. The summed E-state index contributed by atoms with van der Waals surface area (Å²) in [7, 11) is 4.48. The zero-order valence-corrected chi connectivity index (χ0v) is 13.6. The molecule has 0 saturated carbocycles. The maximum Gasteiger partial charge on any atom is 0.314 e. The molecular weight excluding hydrogens is 312 g/mol. The molecule has 2 rings (SSSR count). The minimum Gasteiger partial charge on any atom is -0.495 e. The van der Waals surface area contributed by atoms with Gasteiger partial charge < -0.3 is 24.8 Å². The van der Waals surface area contributed by atoms with Crippen LogP contribution in [0.5, 0.6) is 17.2 Å². The van der Waals surface area contributed by atoms with Crippen molar-refractivity contribution in [3.05, 3.63) is 42.5 Å². The Morgan fingerprint density at radius 2 is 1.38 bits per heavy atom. The highest BCUT2D eigenvalue weighted by Crippen LogP contribution is 2.29. The van der Waals surface area contributed by atoms with Gasteiger partial charge in [-0.3, -0.25) is 9.59 Å². The number of carbonyl (C=O) groups is 2. The van der Waals surface area contributed by atoms with Gasteiger partial charge in [0.15, 0.2) is 11.5 Å². The predicted octanol–water partition coefficient (Wildman–Crippen LogP) is 2.29. The van der Waals surface area contributed by atoms with Crippen molar-refractivity contribution in [2.45, 2.75) is 0 Å². The number of hydrogen-bond donors (Lipinski definition) is 2. The molecule has 2 aromatic carbocycles. The van der Waals surface area contributed by atoms with Crippen LogP contribution in [0.25, 0.3) is 0 Å². The highest BCUT2D eigenvalue weighted by Gasteiger charge is 2.16. The molecule has 0 heterocycles. The second kappa shape index (κ2) is 7.87. The third-order valence-electron chi connectivity index (χ3n) is 3.20. The van der Waals surface area contributed by atoms with Crippen LogP contribution >= 0.6 is 0 Å². The van der Waals surface area contributed by atoms with Gasteiger partial charge in [-0.05, 0) is 24.3 Å². The molecule has 0 atom stereocenters. The number of methoxy groups -OCH3 is 3. The van der Waals surface area contributed by atoms with Crippen molar-refractivity contribution in [2.75, 3.05) is 32.0 Å². The lowest BCUT2D eigenvalue weighted by Crippen LogP contribution is -2.29. The molecule has 2 aromatic rings. The Labute approximate surface area is 139 Å². The van der Waals surface area contributed by atoms with E-state index in [2.05, 4.69) is 10.6 Å². The van der Waals surface area contributed by atoms with Gasteiger partial charge in [-0.1, -0.05) is 12.1 Å². The molecule has 0 aliphatic rings. The summed E-state index contributed by atoms with van der Waals surface area (Å²) in [5.74, 6) is -0.193.